The second-order valence-electron chi connectivity index (χ2n) is 7.67. The lowest BCUT2D eigenvalue weighted by Gasteiger charge is -2.31. The smallest absolute Gasteiger partial charge is 0.231 e. The standard InChI is InChI=1S/C21H29N5O2/c1-14-6-7-16(11-15(14)2)18-12-23-21(25(18)3)24-20(28)17-5-4-9-26(13-17)10-8-19(22)27/h6-7,11-12,17H,4-5,8-10,13H2,1-3H3,(H2,22,27)(H,23,24,28). The lowest BCUT2D eigenvalue weighted by Crippen LogP contribution is -2.42. The average molecular weight is 383 g/mol. The van der Waals surface area contributed by atoms with Gasteiger partial charge in [0, 0.05) is 32.1 Å². The van der Waals surface area contributed by atoms with E-state index >= 15 is 0 Å². The van der Waals surface area contributed by atoms with Crippen LogP contribution in [0.25, 0.3) is 11.3 Å². The number of imidazole rings is 1. The molecule has 2 heterocycles. The molecule has 1 aromatic carbocycles. The molecule has 0 radical (unpaired) electrons. The first-order valence-corrected chi connectivity index (χ1v) is 9.76. The summed E-state index contributed by atoms with van der Waals surface area (Å²) in [6.07, 6.45) is 3.89. The van der Waals surface area contributed by atoms with Crippen LogP contribution >= 0.6 is 0 Å². The molecule has 1 aromatic heterocycles. The number of aromatic nitrogens is 2. The monoisotopic (exact) mass is 383 g/mol. The van der Waals surface area contributed by atoms with E-state index in [0.717, 1.165) is 30.6 Å². The zero-order valence-corrected chi connectivity index (χ0v) is 16.9. The molecule has 1 aliphatic rings. The van der Waals surface area contributed by atoms with Crippen molar-refractivity contribution in [1.82, 2.24) is 14.5 Å². The number of nitrogens with one attached hydrogen (secondary N) is 1. The van der Waals surface area contributed by atoms with Gasteiger partial charge in [-0.05, 0) is 50.4 Å². The molecule has 1 atom stereocenters. The first-order chi connectivity index (χ1) is 13.3. The molecule has 0 saturated carbocycles. The summed E-state index contributed by atoms with van der Waals surface area (Å²) in [5.41, 5.74) is 9.75. The van der Waals surface area contributed by atoms with E-state index in [2.05, 4.69) is 47.2 Å². The number of carbonyl (C=O) groups excluding carboxylic acids is 2. The lowest BCUT2D eigenvalue weighted by molar-refractivity contribution is -0.121. The molecule has 0 bridgehead atoms. The van der Waals surface area contributed by atoms with Gasteiger partial charge in [0.2, 0.25) is 17.8 Å². The number of carbonyl (C=O) groups is 2. The van der Waals surface area contributed by atoms with E-state index in [-0.39, 0.29) is 17.7 Å². The summed E-state index contributed by atoms with van der Waals surface area (Å²) in [4.78, 5) is 30.3. The van der Waals surface area contributed by atoms with Crippen LogP contribution in [-0.4, -0.2) is 45.9 Å². The van der Waals surface area contributed by atoms with Crippen LogP contribution in [0.3, 0.4) is 0 Å². The number of nitrogens with two attached hydrogens (primary N) is 1. The van der Waals surface area contributed by atoms with Gasteiger partial charge in [0.1, 0.15) is 0 Å². The summed E-state index contributed by atoms with van der Waals surface area (Å²) in [6.45, 7) is 6.33. The molecular weight excluding hydrogens is 354 g/mol. The van der Waals surface area contributed by atoms with Crippen LogP contribution in [0.1, 0.15) is 30.4 Å². The van der Waals surface area contributed by atoms with Crippen LogP contribution in [0, 0.1) is 19.8 Å². The number of nitrogens with zero attached hydrogens (tertiary/aromatic N) is 3. The van der Waals surface area contributed by atoms with Crippen LogP contribution in [0.15, 0.2) is 24.4 Å². The largest absolute Gasteiger partial charge is 0.370 e. The second-order valence-corrected chi connectivity index (χ2v) is 7.67. The first kappa shape index (κ1) is 20.1. The van der Waals surface area contributed by atoms with Crippen molar-refractivity contribution in [3.8, 4) is 11.3 Å². The maximum absolute atomic E-state index is 12.8. The molecule has 1 fully saturated rings. The van der Waals surface area contributed by atoms with E-state index in [0.29, 0.717) is 25.5 Å². The molecule has 7 nitrogen and oxygen atoms in total. The number of hydrogen-bond donors (Lipinski definition) is 2. The minimum atomic E-state index is -0.307. The molecule has 1 aliphatic heterocycles. The number of rotatable bonds is 6. The maximum atomic E-state index is 12.8. The van der Waals surface area contributed by atoms with Crippen molar-refractivity contribution in [2.24, 2.45) is 18.7 Å². The number of primary amides is 1. The number of piperidine rings is 1. The molecule has 2 aromatic rings. The molecule has 1 saturated heterocycles. The van der Waals surface area contributed by atoms with Crippen molar-refractivity contribution < 1.29 is 9.59 Å². The fraction of sp³-hybridized carbons (Fsp3) is 0.476. The third-order valence-electron chi connectivity index (χ3n) is 5.58. The quantitative estimate of drug-likeness (QED) is 0.800. The summed E-state index contributed by atoms with van der Waals surface area (Å²) >= 11 is 0. The van der Waals surface area contributed by atoms with Crippen molar-refractivity contribution in [3.63, 3.8) is 0 Å². The predicted octanol–water partition coefficient (Wildman–Crippen LogP) is 2.23. The fourth-order valence-electron chi connectivity index (χ4n) is 3.65. The Morgan fingerprint density at radius 3 is 2.79 bits per heavy atom. The Balaban J connectivity index is 1.66. The summed E-state index contributed by atoms with van der Waals surface area (Å²) in [6, 6.07) is 6.30. The highest BCUT2D eigenvalue weighted by Gasteiger charge is 2.26. The summed E-state index contributed by atoms with van der Waals surface area (Å²) < 4.78 is 1.91. The molecule has 2 amide bonds. The van der Waals surface area contributed by atoms with Crippen LogP contribution in [0.5, 0.6) is 0 Å². The number of likely N-dealkylation sites (tertiary alicyclic amines) is 1. The van der Waals surface area contributed by atoms with Gasteiger partial charge in [-0.15, -0.1) is 0 Å². The van der Waals surface area contributed by atoms with Crippen molar-refractivity contribution in [2.45, 2.75) is 33.1 Å². The van der Waals surface area contributed by atoms with Gasteiger partial charge < -0.3 is 15.2 Å². The highest BCUT2D eigenvalue weighted by atomic mass is 16.2. The Hall–Kier alpha value is -2.67. The van der Waals surface area contributed by atoms with Gasteiger partial charge >= 0.3 is 0 Å². The molecule has 28 heavy (non-hydrogen) atoms. The van der Waals surface area contributed by atoms with E-state index < -0.39 is 0 Å². The summed E-state index contributed by atoms with van der Waals surface area (Å²) in [5.74, 6) is 0.110. The van der Waals surface area contributed by atoms with Gasteiger partial charge in [-0.2, -0.15) is 0 Å². The maximum Gasteiger partial charge on any atom is 0.231 e. The van der Waals surface area contributed by atoms with Crippen LogP contribution in [0.4, 0.5) is 5.95 Å². The fourth-order valence-corrected chi connectivity index (χ4v) is 3.65. The van der Waals surface area contributed by atoms with E-state index in [4.69, 9.17) is 5.73 Å². The van der Waals surface area contributed by atoms with Gasteiger partial charge in [-0.1, -0.05) is 12.1 Å². The van der Waals surface area contributed by atoms with Crippen molar-refractivity contribution in [2.75, 3.05) is 25.0 Å². The zero-order chi connectivity index (χ0) is 20.3. The van der Waals surface area contributed by atoms with Gasteiger partial charge in [-0.25, -0.2) is 4.98 Å². The Morgan fingerprint density at radius 2 is 2.07 bits per heavy atom. The molecule has 1 unspecified atom stereocenters. The number of benzene rings is 1. The predicted molar refractivity (Wildman–Crippen MR) is 110 cm³/mol. The van der Waals surface area contributed by atoms with E-state index in [1.165, 1.54) is 11.1 Å². The number of anilines is 1. The minimum Gasteiger partial charge on any atom is -0.370 e. The first-order valence-electron chi connectivity index (χ1n) is 9.76. The third-order valence-corrected chi connectivity index (χ3v) is 5.58. The van der Waals surface area contributed by atoms with Gasteiger partial charge in [0.05, 0.1) is 17.8 Å². The summed E-state index contributed by atoms with van der Waals surface area (Å²) in [5, 5.41) is 2.98. The Labute approximate surface area is 165 Å². The molecule has 7 heteroatoms. The van der Waals surface area contributed by atoms with Crippen LogP contribution < -0.4 is 11.1 Å². The second kappa shape index (κ2) is 8.56. The van der Waals surface area contributed by atoms with Crippen molar-refractivity contribution in [3.05, 3.63) is 35.5 Å². The number of aryl methyl sites for hydroxylation is 2. The Bertz CT molecular complexity index is 874. The molecule has 0 aliphatic carbocycles. The molecule has 3 N–H and O–H groups in total. The molecule has 0 spiro atoms. The number of hydrogen-bond acceptors (Lipinski definition) is 4. The van der Waals surface area contributed by atoms with Crippen molar-refractivity contribution in [1.29, 1.82) is 0 Å². The minimum absolute atomic E-state index is 0.0240. The Kier molecular flexibility index (Phi) is 6.14. The van der Waals surface area contributed by atoms with Gasteiger partial charge in [-0.3, -0.25) is 14.9 Å². The molecular formula is C21H29N5O2. The highest BCUT2D eigenvalue weighted by Crippen LogP contribution is 2.25. The van der Waals surface area contributed by atoms with Crippen LogP contribution in [0.2, 0.25) is 0 Å². The zero-order valence-electron chi connectivity index (χ0n) is 16.9. The van der Waals surface area contributed by atoms with E-state index in [9.17, 15) is 9.59 Å². The van der Waals surface area contributed by atoms with Gasteiger partial charge in [0.15, 0.2) is 0 Å². The lowest BCUT2D eigenvalue weighted by atomic mass is 9.97. The normalized spacial score (nSPS) is 17.5. The molecule has 3 rings (SSSR count). The highest BCUT2D eigenvalue weighted by molar-refractivity contribution is 5.91. The Morgan fingerprint density at radius 1 is 1.29 bits per heavy atom. The van der Waals surface area contributed by atoms with E-state index in [1.54, 1.807) is 6.20 Å². The topological polar surface area (TPSA) is 93.2 Å². The third kappa shape index (κ3) is 4.59. The SMILES string of the molecule is Cc1ccc(-c2cnc(NC(=O)C3CCCN(CCC(N)=O)C3)n2C)cc1C. The van der Waals surface area contributed by atoms with Crippen LogP contribution in [-0.2, 0) is 16.6 Å². The molecule has 150 valence electrons. The summed E-state index contributed by atoms with van der Waals surface area (Å²) in [7, 11) is 1.91. The van der Waals surface area contributed by atoms with E-state index in [1.807, 2.05) is 11.6 Å². The van der Waals surface area contributed by atoms with Crippen molar-refractivity contribution >= 4 is 17.8 Å². The average Bonchev–Trinajstić information content (AvgIpc) is 3.03. The van der Waals surface area contributed by atoms with Gasteiger partial charge in [0.25, 0.3) is 0 Å². The number of amides is 2.